The third-order valence-corrected chi connectivity index (χ3v) is 8.09. The Bertz CT molecular complexity index is 1570. The van der Waals surface area contributed by atoms with E-state index >= 15 is 0 Å². The number of halogens is 2. The van der Waals surface area contributed by atoms with E-state index in [0.717, 1.165) is 16.9 Å². The summed E-state index contributed by atoms with van der Waals surface area (Å²) in [6.07, 6.45) is 0. The normalized spacial score (nSPS) is 13.1. The van der Waals surface area contributed by atoms with Gasteiger partial charge in [-0.15, -0.1) is 11.3 Å². The van der Waals surface area contributed by atoms with Gasteiger partial charge < -0.3 is 19.5 Å². The van der Waals surface area contributed by atoms with E-state index in [4.69, 9.17) is 32.7 Å². The number of para-hydroxylation sites is 1. The number of carbonyl (C=O) groups is 3. The van der Waals surface area contributed by atoms with Crippen LogP contribution < -0.4 is 9.64 Å². The number of rotatable bonds is 8. The summed E-state index contributed by atoms with van der Waals surface area (Å²) in [4.78, 5) is 42.8. The second-order valence-electron chi connectivity index (χ2n) is 9.08. The second-order valence-corrected chi connectivity index (χ2v) is 11.0. The first-order valence-electron chi connectivity index (χ1n) is 12.6. The van der Waals surface area contributed by atoms with Crippen molar-refractivity contribution in [3.05, 3.63) is 99.3 Å². The van der Waals surface area contributed by atoms with Crippen LogP contribution in [-0.2, 0) is 9.53 Å². The number of carbonyl (C=O) groups excluding carboxylic acids is 2. The highest BCUT2D eigenvalue weighted by Crippen LogP contribution is 2.39. The van der Waals surface area contributed by atoms with Gasteiger partial charge in [-0.1, -0.05) is 41.4 Å². The van der Waals surface area contributed by atoms with Crippen LogP contribution in [0.2, 0.25) is 10.0 Å². The Hall–Kier alpha value is -3.89. The standard InChI is InChI=1S/C30H24Cl2N2O6S/c31-20-8-11-23(24(32)16-20)29(36)34(18-27(35)33-12-14-39-15-13-33)25-17-26(41-28(25)30(37)38)19-6-9-22(10-7-19)40-21-4-2-1-3-5-21/h1-11,16-17H,12-15,18H2,(H,37,38). The van der Waals surface area contributed by atoms with Crippen LogP contribution in [0.3, 0.4) is 0 Å². The van der Waals surface area contributed by atoms with Crippen LogP contribution in [-0.4, -0.2) is 60.6 Å². The molecule has 0 bridgehead atoms. The maximum atomic E-state index is 13.8. The van der Waals surface area contributed by atoms with Gasteiger partial charge in [-0.3, -0.25) is 14.5 Å². The highest BCUT2D eigenvalue weighted by atomic mass is 35.5. The average Bonchev–Trinajstić information content (AvgIpc) is 3.42. The van der Waals surface area contributed by atoms with Crippen molar-refractivity contribution in [2.45, 2.75) is 0 Å². The highest BCUT2D eigenvalue weighted by Gasteiger charge is 2.31. The molecular formula is C30H24Cl2N2O6S. The molecule has 1 fully saturated rings. The van der Waals surface area contributed by atoms with E-state index in [1.807, 2.05) is 30.3 Å². The third-order valence-electron chi connectivity index (χ3n) is 6.38. The molecule has 1 N–H and O–H groups in total. The van der Waals surface area contributed by atoms with E-state index in [-0.39, 0.29) is 33.6 Å². The third kappa shape index (κ3) is 6.71. The van der Waals surface area contributed by atoms with Gasteiger partial charge in [0, 0.05) is 23.0 Å². The van der Waals surface area contributed by atoms with Crippen molar-refractivity contribution in [2.75, 3.05) is 37.7 Å². The number of aromatic carboxylic acids is 1. The predicted molar refractivity (Wildman–Crippen MR) is 159 cm³/mol. The molecule has 1 saturated heterocycles. The number of thiophene rings is 1. The average molecular weight is 612 g/mol. The lowest BCUT2D eigenvalue weighted by atomic mass is 10.1. The van der Waals surface area contributed by atoms with Crippen LogP contribution >= 0.6 is 34.5 Å². The van der Waals surface area contributed by atoms with Gasteiger partial charge in [0.25, 0.3) is 5.91 Å². The summed E-state index contributed by atoms with van der Waals surface area (Å²) < 4.78 is 11.2. The number of amides is 2. The number of benzene rings is 3. The summed E-state index contributed by atoms with van der Waals surface area (Å²) in [5, 5.41) is 10.5. The molecular weight excluding hydrogens is 587 g/mol. The maximum absolute atomic E-state index is 13.8. The SMILES string of the molecule is O=C(O)c1sc(-c2ccc(Oc3ccccc3)cc2)cc1N(CC(=O)N1CCOCC1)C(=O)c1ccc(Cl)cc1Cl. The zero-order valence-electron chi connectivity index (χ0n) is 21.6. The van der Waals surface area contributed by atoms with Crippen LogP contribution in [0, 0.1) is 0 Å². The Morgan fingerprint density at radius 1 is 0.927 bits per heavy atom. The van der Waals surface area contributed by atoms with E-state index in [0.29, 0.717) is 47.7 Å². The largest absolute Gasteiger partial charge is 0.477 e. The van der Waals surface area contributed by atoms with Crippen LogP contribution in [0.5, 0.6) is 11.5 Å². The number of ether oxygens (including phenoxy) is 2. The topological polar surface area (TPSA) is 96.4 Å². The van der Waals surface area contributed by atoms with Crippen LogP contribution in [0.15, 0.2) is 78.9 Å². The summed E-state index contributed by atoms with van der Waals surface area (Å²) >= 11 is 13.4. The molecule has 1 aliphatic heterocycles. The molecule has 0 unspecified atom stereocenters. The van der Waals surface area contributed by atoms with Gasteiger partial charge >= 0.3 is 5.97 Å². The van der Waals surface area contributed by atoms with E-state index < -0.39 is 11.9 Å². The summed E-state index contributed by atoms with van der Waals surface area (Å²) in [6, 6.07) is 22.5. The van der Waals surface area contributed by atoms with Crippen molar-refractivity contribution in [3.8, 4) is 21.9 Å². The molecule has 2 heterocycles. The lowest BCUT2D eigenvalue weighted by molar-refractivity contribution is -0.133. The Morgan fingerprint density at radius 2 is 1.61 bits per heavy atom. The summed E-state index contributed by atoms with van der Waals surface area (Å²) in [7, 11) is 0. The molecule has 1 aliphatic rings. The Labute approximate surface area is 250 Å². The predicted octanol–water partition coefficient (Wildman–Crippen LogP) is 6.72. The smallest absolute Gasteiger partial charge is 0.348 e. The van der Waals surface area contributed by atoms with Crippen molar-refractivity contribution in [1.82, 2.24) is 4.90 Å². The molecule has 1 aromatic heterocycles. The zero-order chi connectivity index (χ0) is 28.9. The van der Waals surface area contributed by atoms with Crippen molar-refractivity contribution < 1.29 is 29.0 Å². The Balaban J connectivity index is 1.50. The monoisotopic (exact) mass is 610 g/mol. The van der Waals surface area contributed by atoms with E-state index in [2.05, 4.69) is 0 Å². The van der Waals surface area contributed by atoms with Crippen molar-refractivity contribution >= 4 is 58.0 Å². The van der Waals surface area contributed by atoms with Gasteiger partial charge in [-0.25, -0.2) is 4.79 Å². The molecule has 0 saturated carbocycles. The first-order valence-corrected chi connectivity index (χ1v) is 14.2. The molecule has 0 aliphatic carbocycles. The van der Waals surface area contributed by atoms with Gasteiger partial charge in [0.15, 0.2) is 0 Å². The molecule has 0 spiro atoms. The molecule has 8 nitrogen and oxygen atoms in total. The molecule has 210 valence electrons. The number of hydrogen-bond donors (Lipinski definition) is 1. The fourth-order valence-electron chi connectivity index (χ4n) is 4.31. The van der Waals surface area contributed by atoms with Crippen LogP contribution in [0.4, 0.5) is 5.69 Å². The first-order chi connectivity index (χ1) is 19.8. The zero-order valence-corrected chi connectivity index (χ0v) is 23.9. The van der Waals surface area contributed by atoms with Crippen molar-refractivity contribution in [2.24, 2.45) is 0 Å². The number of carboxylic acids is 1. The number of nitrogens with zero attached hydrogens (tertiary/aromatic N) is 2. The Morgan fingerprint density at radius 3 is 2.27 bits per heavy atom. The van der Waals surface area contributed by atoms with Gasteiger partial charge in [0.2, 0.25) is 5.91 Å². The molecule has 4 aromatic rings. The summed E-state index contributed by atoms with van der Waals surface area (Å²) in [5.74, 6) is -0.878. The molecule has 5 rings (SSSR count). The molecule has 41 heavy (non-hydrogen) atoms. The minimum atomic E-state index is -1.22. The lowest BCUT2D eigenvalue weighted by Gasteiger charge is -2.30. The quantitative estimate of drug-likeness (QED) is 0.238. The van der Waals surface area contributed by atoms with Gasteiger partial charge in [0.1, 0.15) is 22.9 Å². The minimum Gasteiger partial charge on any atom is -0.477 e. The van der Waals surface area contributed by atoms with E-state index in [1.54, 1.807) is 35.2 Å². The molecule has 0 radical (unpaired) electrons. The minimum absolute atomic E-state index is 0.0853. The van der Waals surface area contributed by atoms with Gasteiger partial charge in [0.05, 0.1) is 29.5 Å². The second kappa shape index (κ2) is 12.7. The number of hydrogen-bond acceptors (Lipinski definition) is 6. The molecule has 2 amide bonds. The highest BCUT2D eigenvalue weighted by molar-refractivity contribution is 7.18. The van der Waals surface area contributed by atoms with Gasteiger partial charge in [-0.05, 0) is 66.2 Å². The summed E-state index contributed by atoms with van der Waals surface area (Å²) in [5.41, 5.74) is 0.915. The van der Waals surface area contributed by atoms with Crippen molar-refractivity contribution in [3.63, 3.8) is 0 Å². The molecule has 11 heteroatoms. The van der Waals surface area contributed by atoms with Gasteiger partial charge in [-0.2, -0.15) is 0 Å². The van der Waals surface area contributed by atoms with Crippen LogP contribution in [0.25, 0.3) is 10.4 Å². The van der Waals surface area contributed by atoms with E-state index in [9.17, 15) is 19.5 Å². The molecule has 0 atom stereocenters. The first kappa shape index (κ1) is 28.6. The lowest BCUT2D eigenvalue weighted by Crippen LogP contribution is -2.47. The maximum Gasteiger partial charge on any atom is 0.348 e. The summed E-state index contributed by atoms with van der Waals surface area (Å²) in [6.45, 7) is 1.14. The fraction of sp³-hybridized carbons (Fsp3) is 0.167. The number of anilines is 1. The Kier molecular flexibility index (Phi) is 8.90. The van der Waals surface area contributed by atoms with Crippen molar-refractivity contribution in [1.29, 1.82) is 0 Å². The van der Waals surface area contributed by atoms with Crippen LogP contribution in [0.1, 0.15) is 20.0 Å². The number of carboxylic acid groups (broad SMARTS) is 1. The number of morpholine rings is 1. The molecule has 3 aromatic carbocycles. The fourth-order valence-corrected chi connectivity index (χ4v) is 5.81. The van der Waals surface area contributed by atoms with E-state index in [1.165, 1.54) is 23.1 Å².